The summed E-state index contributed by atoms with van der Waals surface area (Å²) in [5.41, 5.74) is 1.74. The number of hydrogen-bond acceptors (Lipinski definition) is 4. The minimum absolute atomic E-state index is 0. The van der Waals surface area contributed by atoms with Crippen molar-refractivity contribution in [1.29, 1.82) is 0 Å². The summed E-state index contributed by atoms with van der Waals surface area (Å²) >= 11 is 0. The van der Waals surface area contributed by atoms with Crippen LogP contribution in [0.1, 0.15) is 18.1 Å². The zero-order chi connectivity index (χ0) is 20.2. The number of benzene rings is 2. The Labute approximate surface area is 188 Å². The lowest BCUT2D eigenvalue weighted by molar-refractivity contribution is 0.106. The molecule has 0 radical (unpaired) electrons. The lowest BCUT2D eigenvalue weighted by Gasteiger charge is -2.19. The molecule has 160 valence electrons. The first-order valence-corrected chi connectivity index (χ1v) is 9.14. The Morgan fingerprint density at radius 3 is 2.52 bits per heavy atom. The van der Waals surface area contributed by atoms with Crippen LogP contribution >= 0.6 is 24.0 Å². The number of nitrogens with one attached hydrogen (secondary N) is 2. The van der Waals surface area contributed by atoms with Gasteiger partial charge in [0.15, 0.2) is 5.96 Å². The van der Waals surface area contributed by atoms with Crippen molar-refractivity contribution in [2.24, 2.45) is 4.99 Å². The van der Waals surface area contributed by atoms with E-state index < -0.39 is 0 Å². The van der Waals surface area contributed by atoms with Crippen LogP contribution in [0, 0.1) is 5.82 Å². The third-order valence-electron chi connectivity index (χ3n) is 4.06. The van der Waals surface area contributed by atoms with E-state index in [1.165, 1.54) is 12.1 Å². The molecule has 6 nitrogen and oxygen atoms in total. The second-order valence-electron chi connectivity index (χ2n) is 6.08. The number of ether oxygens (including phenoxy) is 3. The van der Waals surface area contributed by atoms with Gasteiger partial charge < -0.3 is 24.8 Å². The van der Waals surface area contributed by atoms with E-state index in [0.717, 1.165) is 23.4 Å². The summed E-state index contributed by atoms with van der Waals surface area (Å²) < 4.78 is 29.4. The van der Waals surface area contributed by atoms with Crippen LogP contribution in [0.2, 0.25) is 0 Å². The van der Waals surface area contributed by atoms with Crippen LogP contribution in [-0.2, 0) is 9.47 Å². The molecule has 0 saturated heterocycles. The first kappa shape index (κ1) is 25.1. The highest BCUT2D eigenvalue weighted by Gasteiger charge is 2.11. The fraction of sp³-hybridized carbons (Fsp3) is 0.381. The molecule has 0 aliphatic carbocycles. The molecular formula is C21H29FIN3O3. The fourth-order valence-corrected chi connectivity index (χ4v) is 2.58. The Hall–Kier alpha value is -1.91. The number of rotatable bonds is 10. The highest BCUT2D eigenvalue weighted by molar-refractivity contribution is 14.0. The molecule has 0 spiro atoms. The Morgan fingerprint density at radius 1 is 1.10 bits per heavy atom. The van der Waals surface area contributed by atoms with Gasteiger partial charge >= 0.3 is 0 Å². The molecule has 0 amide bonds. The molecule has 0 heterocycles. The van der Waals surface area contributed by atoms with Gasteiger partial charge in [0.2, 0.25) is 0 Å². The van der Waals surface area contributed by atoms with E-state index in [0.29, 0.717) is 25.7 Å². The van der Waals surface area contributed by atoms with Crippen molar-refractivity contribution in [3.8, 4) is 5.75 Å². The molecule has 0 fully saturated rings. The monoisotopic (exact) mass is 517 g/mol. The summed E-state index contributed by atoms with van der Waals surface area (Å²) in [6.07, 6.45) is 0.605. The van der Waals surface area contributed by atoms with E-state index in [4.69, 9.17) is 14.2 Å². The molecule has 0 saturated carbocycles. The van der Waals surface area contributed by atoms with Crippen LogP contribution in [0.15, 0.2) is 53.5 Å². The Bertz CT molecular complexity index is 744. The van der Waals surface area contributed by atoms with E-state index in [2.05, 4.69) is 15.6 Å². The molecule has 2 N–H and O–H groups in total. The van der Waals surface area contributed by atoms with E-state index in [9.17, 15) is 4.39 Å². The van der Waals surface area contributed by atoms with Crippen LogP contribution in [-0.4, -0.2) is 47.0 Å². The summed E-state index contributed by atoms with van der Waals surface area (Å²) in [5.74, 6) is 1.10. The Kier molecular flexibility index (Phi) is 12.2. The zero-order valence-electron chi connectivity index (χ0n) is 17.0. The third-order valence-corrected chi connectivity index (χ3v) is 4.06. The van der Waals surface area contributed by atoms with Gasteiger partial charge in [-0.05, 0) is 29.8 Å². The van der Waals surface area contributed by atoms with Gasteiger partial charge in [0.05, 0.1) is 12.7 Å². The molecule has 29 heavy (non-hydrogen) atoms. The number of hydrogen-bond donors (Lipinski definition) is 2. The molecule has 0 aliphatic heterocycles. The number of halogens is 2. The van der Waals surface area contributed by atoms with Crippen molar-refractivity contribution in [2.45, 2.75) is 12.5 Å². The fourth-order valence-electron chi connectivity index (χ4n) is 2.58. The van der Waals surface area contributed by atoms with Crippen LogP contribution in [0.4, 0.5) is 10.1 Å². The van der Waals surface area contributed by atoms with Crippen molar-refractivity contribution < 1.29 is 18.6 Å². The van der Waals surface area contributed by atoms with E-state index in [1.807, 2.05) is 24.3 Å². The average Bonchev–Trinajstić information content (AvgIpc) is 2.72. The van der Waals surface area contributed by atoms with Crippen LogP contribution in [0.5, 0.6) is 5.75 Å². The standard InChI is InChI=1S/C21H28FN3O3.HI/c1-23-21(24-15-20(27-3)16-8-10-17(22)11-9-16)25-18-6-4-7-19(14-18)28-13-5-12-26-2;/h4,6-11,14,20H,5,12-13,15H2,1-3H3,(H2,23,24,25);1H. The van der Waals surface area contributed by atoms with E-state index >= 15 is 0 Å². The summed E-state index contributed by atoms with van der Waals surface area (Å²) in [6.45, 7) is 1.75. The number of aliphatic imine (C=N–C) groups is 1. The summed E-state index contributed by atoms with van der Waals surface area (Å²) in [6, 6.07) is 13.9. The van der Waals surface area contributed by atoms with Crippen molar-refractivity contribution in [3.63, 3.8) is 0 Å². The molecule has 0 aromatic heterocycles. The number of methoxy groups -OCH3 is 2. The van der Waals surface area contributed by atoms with Crippen molar-refractivity contribution in [1.82, 2.24) is 5.32 Å². The van der Waals surface area contributed by atoms with Gasteiger partial charge in [-0.2, -0.15) is 0 Å². The van der Waals surface area contributed by atoms with Gasteiger partial charge in [0.25, 0.3) is 0 Å². The normalized spacial score (nSPS) is 12.1. The van der Waals surface area contributed by atoms with Crippen molar-refractivity contribution in [2.75, 3.05) is 46.3 Å². The Balaban J connectivity index is 0.00000420. The Morgan fingerprint density at radius 2 is 1.86 bits per heavy atom. The molecule has 2 rings (SSSR count). The van der Waals surface area contributed by atoms with Crippen molar-refractivity contribution >= 4 is 35.6 Å². The maximum atomic E-state index is 13.1. The number of guanidine groups is 1. The topological polar surface area (TPSA) is 64.1 Å². The van der Waals surface area contributed by atoms with Crippen LogP contribution in [0.3, 0.4) is 0 Å². The smallest absolute Gasteiger partial charge is 0.195 e. The lowest BCUT2D eigenvalue weighted by atomic mass is 10.1. The minimum atomic E-state index is -0.270. The predicted octanol–water partition coefficient (Wildman–Crippen LogP) is 4.23. The summed E-state index contributed by atoms with van der Waals surface area (Å²) in [5, 5.41) is 6.45. The first-order valence-electron chi connectivity index (χ1n) is 9.14. The largest absolute Gasteiger partial charge is 0.493 e. The van der Waals surface area contributed by atoms with Gasteiger partial charge in [-0.25, -0.2) is 4.39 Å². The van der Waals surface area contributed by atoms with Crippen molar-refractivity contribution in [3.05, 3.63) is 59.9 Å². The molecule has 8 heteroatoms. The maximum Gasteiger partial charge on any atom is 0.195 e. The lowest BCUT2D eigenvalue weighted by Crippen LogP contribution is -2.34. The molecule has 2 aromatic carbocycles. The summed E-state index contributed by atoms with van der Waals surface area (Å²) in [7, 11) is 4.99. The predicted molar refractivity (Wildman–Crippen MR) is 125 cm³/mol. The molecule has 0 aliphatic rings. The molecule has 2 aromatic rings. The third kappa shape index (κ3) is 8.97. The first-order chi connectivity index (χ1) is 13.7. The second-order valence-corrected chi connectivity index (χ2v) is 6.08. The van der Waals surface area contributed by atoms with Crippen LogP contribution < -0.4 is 15.4 Å². The zero-order valence-corrected chi connectivity index (χ0v) is 19.3. The van der Waals surface area contributed by atoms with Gasteiger partial charge in [-0.1, -0.05) is 18.2 Å². The second kappa shape index (κ2) is 14.1. The highest BCUT2D eigenvalue weighted by Crippen LogP contribution is 2.18. The number of nitrogens with zero attached hydrogens (tertiary/aromatic N) is 1. The minimum Gasteiger partial charge on any atom is -0.493 e. The average molecular weight is 517 g/mol. The summed E-state index contributed by atoms with van der Waals surface area (Å²) in [4.78, 5) is 4.24. The van der Waals surface area contributed by atoms with E-state index in [-0.39, 0.29) is 35.9 Å². The van der Waals surface area contributed by atoms with Gasteiger partial charge in [0.1, 0.15) is 11.6 Å². The van der Waals surface area contributed by atoms with Gasteiger partial charge in [0, 0.05) is 52.6 Å². The highest BCUT2D eigenvalue weighted by atomic mass is 127. The SMILES string of the molecule is CN=C(NCC(OC)c1ccc(F)cc1)Nc1cccc(OCCCOC)c1.I. The quantitative estimate of drug-likeness (QED) is 0.214. The van der Waals surface area contributed by atoms with E-state index in [1.54, 1.807) is 33.4 Å². The van der Waals surface area contributed by atoms with Gasteiger partial charge in [-0.3, -0.25) is 4.99 Å². The molecule has 1 atom stereocenters. The molecular weight excluding hydrogens is 488 g/mol. The number of anilines is 1. The molecule has 0 bridgehead atoms. The maximum absolute atomic E-state index is 13.1. The van der Waals surface area contributed by atoms with Gasteiger partial charge in [-0.15, -0.1) is 24.0 Å². The van der Waals surface area contributed by atoms with Crippen LogP contribution in [0.25, 0.3) is 0 Å². The molecule has 1 unspecified atom stereocenters.